The van der Waals surface area contributed by atoms with Gasteiger partial charge in [0.1, 0.15) is 0 Å². The molecule has 1 fully saturated rings. The Morgan fingerprint density at radius 2 is 2.10 bits per heavy atom. The molecule has 0 spiro atoms. The van der Waals surface area contributed by atoms with Crippen molar-refractivity contribution in [2.45, 2.75) is 12.8 Å². The molecule has 0 saturated carbocycles. The van der Waals surface area contributed by atoms with E-state index >= 15 is 0 Å². The third-order valence-electron chi connectivity index (χ3n) is 2.01. The maximum absolute atomic E-state index is 8.35. The molecule has 1 rings (SSSR count). The van der Waals surface area contributed by atoms with E-state index in [1.165, 1.54) is 18.7 Å². The summed E-state index contributed by atoms with van der Waals surface area (Å²) in [6, 6.07) is 2.08. The van der Waals surface area contributed by atoms with Crippen molar-refractivity contribution < 1.29 is 4.90 Å². The molecule has 1 N–H and O–H groups in total. The van der Waals surface area contributed by atoms with Crippen LogP contribution in [0.3, 0.4) is 0 Å². The molecule has 0 bridgehead atoms. The van der Waals surface area contributed by atoms with Crippen LogP contribution in [-0.2, 0) is 0 Å². The quantitative estimate of drug-likeness (QED) is 0.458. The van der Waals surface area contributed by atoms with Crippen LogP contribution in [0.15, 0.2) is 11.6 Å². The number of rotatable bonds is 0. The number of nitrogens with zero attached hydrogens (tertiary/aromatic N) is 1. The highest BCUT2D eigenvalue weighted by molar-refractivity contribution is 5.13. The van der Waals surface area contributed by atoms with Crippen LogP contribution in [0.25, 0.3) is 0 Å². The molecule has 10 heavy (non-hydrogen) atoms. The first kappa shape index (κ1) is 7.30. The summed E-state index contributed by atoms with van der Waals surface area (Å²) >= 11 is 0. The zero-order chi connectivity index (χ0) is 7.40. The van der Waals surface area contributed by atoms with Crippen molar-refractivity contribution in [3.8, 4) is 6.07 Å². The molecule has 1 aliphatic rings. The van der Waals surface area contributed by atoms with Gasteiger partial charge in [-0.1, -0.05) is 0 Å². The smallest absolute Gasteiger partial charge is 0.0911 e. The van der Waals surface area contributed by atoms with Gasteiger partial charge in [0.2, 0.25) is 0 Å². The largest absolute Gasteiger partial charge is 0.337 e. The first-order chi connectivity index (χ1) is 4.83. The van der Waals surface area contributed by atoms with Gasteiger partial charge in [-0.15, -0.1) is 0 Å². The van der Waals surface area contributed by atoms with E-state index in [0.717, 1.165) is 12.8 Å². The number of quaternary nitrogens is 1. The van der Waals surface area contributed by atoms with Crippen molar-refractivity contribution in [3.63, 3.8) is 0 Å². The summed E-state index contributed by atoms with van der Waals surface area (Å²) in [7, 11) is 2.20. The Balaban J connectivity index is 2.42. The third-order valence-corrected chi connectivity index (χ3v) is 2.01. The summed E-state index contributed by atoms with van der Waals surface area (Å²) in [6.45, 7) is 2.38. The minimum atomic E-state index is 1.11. The fourth-order valence-electron chi connectivity index (χ4n) is 1.23. The minimum Gasteiger partial charge on any atom is -0.337 e. The van der Waals surface area contributed by atoms with Crippen LogP contribution in [-0.4, -0.2) is 20.1 Å². The fraction of sp³-hybridized carbons (Fsp3) is 0.625. The molecule has 0 aromatic carbocycles. The summed E-state index contributed by atoms with van der Waals surface area (Å²) in [5.74, 6) is 0. The average molecular weight is 137 g/mol. The van der Waals surface area contributed by atoms with Crippen LogP contribution < -0.4 is 4.90 Å². The maximum Gasteiger partial charge on any atom is 0.0911 e. The Labute approximate surface area is 61.8 Å². The average Bonchev–Trinajstić information content (AvgIpc) is 1.95. The molecule has 0 unspecified atom stereocenters. The Hall–Kier alpha value is -0.810. The first-order valence-electron chi connectivity index (χ1n) is 3.72. The zero-order valence-electron chi connectivity index (χ0n) is 6.35. The van der Waals surface area contributed by atoms with Gasteiger partial charge in [-0.3, -0.25) is 0 Å². The van der Waals surface area contributed by atoms with Crippen LogP contribution in [0.5, 0.6) is 0 Å². The van der Waals surface area contributed by atoms with Crippen LogP contribution in [0.2, 0.25) is 0 Å². The van der Waals surface area contributed by atoms with Crippen LogP contribution in [0.1, 0.15) is 12.8 Å². The lowest BCUT2D eigenvalue weighted by Crippen LogP contribution is -3.09. The number of allylic oxidation sites excluding steroid dienone is 1. The van der Waals surface area contributed by atoms with Crippen molar-refractivity contribution >= 4 is 0 Å². The van der Waals surface area contributed by atoms with Gasteiger partial charge in [-0.05, 0) is 5.57 Å². The van der Waals surface area contributed by atoms with Gasteiger partial charge in [0.25, 0.3) is 0 Å². The molecule has 0 amide bonds. The Kier molecular flexibility index (Phi) is 2.47. The van der Waals surface area contributed by atoms with Crippen molar-refractivity contribution in [2.75, 3.05) is 20.1 Å². The van der Waals surface area contributed by atoms with E-state index in [-0.39, 0.29) is 0 Å². The summed E-state index contributed by atoms with van der Waals surface area (Å²) in [5, 5.41) is 8.35. The van der Waals surface area contributed by atoms with E-state index in [0.29, 0.717) is 0 Å². The van der Waals surface area contributed by atoms with Gasteiger partial charge < -0.3 is 4.90 Å². The van der Waals surface area contributed by atoms with Crippen molar-refractivity contribution in [2.24, 2.45) is 0 Å². The van der Waals surface area contributed by atoms with Gasteiger partial charge in [-0.2, -0.15) is 5.26 Å². The number of nitrogens with one attached hydrogen (secondary N) is 1. The number of nitriles is 1. The van der Waals surface area contributed by atoms with E-state index in [9.17, 15) is 0 Å². The second-order valence-corrected chi connectivity index (χ2v) is 2.89. The Bertz CT molecular complexity index is 166. The Morgan fingerprint density at radius 1 is 1.50 bits per heavy atom. The lowest BCUT2D eigenvalue weighted by Gasteiger charge is -2.20. The normalized spacial score (nSPS) is 25.6. The monoisotopic (exact) mass is 137 g/mol. The van der Waals surface area contributed by atoms with E-state index in [2.05, 4.69) is 13.1 Å². The van der Waals surface area contributed by atoms with Gasteiger partial charge in [0.15, 0.2) is 0 Å². The van der Waals surface area contributed by atoms with E-state index in [1.807, 2.05) is 0 Å². The molecule has 0 aromatic rings. The SMILES string of the molecule is C[NH+]1CCC(=CC#N)CC1. The van der Waals surface area contributed by atoms with Gasteiger partial charge >= 0.3 is 0 Å². The molecule has 0 aromatic heterocycles. The lowest BCUT2D eigenvalue weighted by molar-refractivity contribution is -0.882. The second-order valence-electron chi connectivity index (χ2n) is 2.89. The molecular formula is C8H13N2+. The predicted octanol–water partition coefficient (Wildman–Crippen LogP) is -0.255. The van der Waals surface area contributed by atoms with Crippen molar-refractivity contribution in [1.29, 1.82) is 5.26 Å². The van der Waals surface area contributed by atoms with Crippen LogP contribution in [0, 0.1) is 11.3 Å². The van der Waals surface area contributed by atoms with Crippen LogP contribution in [0.4, 0.5) is 0 Å². The number of likely N-dealkylation sites (tertiary alicyclic amines) is 1. The molecule has 1 saturated heterocycles. The molecule has 1 aliphatic heterocycles. The van der Waals surface area contributed by atoms with Gasteiger partial charge in [0.05, 0.1) is 26.2 Å². The molecule has 54 valence electrons. The van der Waals surface area contributed by atoms with Crippen molar-refractivity contribution in [1.82, 2.24) is 0 Å². The van der Waals surface area contributed by atoms with E-state index < -0.39 is 0 Å². The summed E-state index contributed by atoms with van der Waals surface area (Å²) in [4.78, 5) is 1.58. The molecule has 0 radical (unpaired) electrons. The fourth-order valence-corrected chi connectivity index (χ4v) is 1.23. The number of hydrogen-bond donors (Lipinski definition) is 1. The maximum atomic E-state index is 8.35. The minimum absolute atomic E-state index is 1.11. The summed E-state index contributed by atoms with van der Waals surface area (Å²) in [5.41, 5.74) is 1.33. The molecule has 2 heteroatoms. The van der Waals surface area contributed by atoms with E-state index in [4.69, 9.17) is 5.26 Å². The number of piperidine rings is 1. The second kappa shape index (κ2) is 3.38. The standard InChI is InChI=1S/C8H12N2/c1-10-6-3-8(2-5-9)4-7-10/h2H,3-4,6-7H2,1H3/p+1. The van der Waals surface area contributed by atoms with Crippen molar-refractivity contribution in [3.05, 3.63) is 11.6 Å². The first-order valence-corrected chi connectivity index (χ1v) is 3.72. The highest BCUT2D eigenvalue weighted by Gasteiger charge is 2.11. The number of hydrogen-bond acceptors (Lipinski definition) is 1. The highest BCUT2D eigenvalue weighted by Crippen LogP contribution is 2.05. The lowest BCUT2D eigenvalue weighted by atomic mass is 10.0. The predicted molar refractivity (Wildman–Crippen MR) is 39.6 cm³/mol. The van der Waals surface area contributed by atoms with E-state index in [1.54, 1.807) is 11.0 Å². The highest BCUT2D eigenvalue weighted by atomic mass is 15.1. The summed E-state index contributed by atoms with van der Waals surface area (Å²) in [6.07, 6.45) is 3.92. The molecule has 1 heterocycles. The van der Waals surface area contributed by atoms with Gasteiger partial charge in [0, 0.05) is 18.9 Å². The zero-order valence-corrected chi connectivity index (χ0v) is 6.35. The topological polar surface area (TPSA) is 28.2 Å². The Morgan fingerprint density at radius 3 is 2.60 bits per heavy atom. The molecule has 0 atom stereocenters. The van der Waals surface area contributed by atoms with Crippen LogP contribution >= 0.6 is 0 Å². The molecular weight excluding hydrogens is 124 g/mol. The summed E-state index contributed by atoms with van der Waals surface area (Å²) < 4.78 is 0. The third kappa shape index (κ3) is 1.85. The molecule has 0 aliphatic carbocycles. The van der Waals surface area contributed by atoms with Gasteiger partial charge in [-0.25, -0.2) is 0 Å². The molecule has 2 nitrogen and oxygen atoms in total.